The molecule has 0 N–H and O–H groups in total. The van der Waals surface area contributed by atoms with Crippen LogP contribution in [-0.4, -0.2) is 34.0 Å². The molecular formula is C11H14N4O2. The summed E-state index contributed by atoms with van der Waals surface area (Å²) in [4.78, 5) is 8.45. The van der Waals surface area contributed by atoms with Crippen molar-refractivity contribution in [2.45, 2.75) is 6.61 Å². The first-order valence-corrected chi connectivity index (χ1v) is 5.13. The molecule has 17 heavy (non-hydrogen) atoms. The molecular weight excluding hydrogens is 220 g/mol. The fourth-order valence-electron chi connectivity index (χ4n) is 1.45. The number of nitrogens with zero attached hydrogens (tertiary/aromatic N) is 4. The number of aryl methyl sites for hydroxylation is 1. The number of hydrogen-bond acceptors (Lipinski definition) is 5. The van der Waals surface area contributed by atoms with Crippen molar-refractivity contribution in [1.82, 2.24) is 19.7 Å². The summed E-state index contributed by atoms with van der Waals surface area (Å²) < 4.78 is 11.8. The fraction of sp³-hybridized carbons (Fsp3) is 0.364. The Morgan fingerprint density at radius 3 is 2.82 bits per heavy atom. The maximum Gasteiger partial charge on any atom is 0.183 e. The van der Waals surface area contributed by atoms with E-state index in [0.717, 1.165) is 11.4 Å². The Hall–Kier alpha value is -1.95. The molecule has 6 heteroatoms. The van der Waals surface area contributed by atoms with Gasteiger partial charge in [0.2, 0.25) is 0 Å². The van der Waals surface area contributed by atoms with Gasteiger partial charge >= 0.3 is 0 Å². The van der Waals surface area contributed by atoms with E-state index in [-0.39, 0.29) is 0 Å². The van der Waals surface area contributed by atoms with Crippen LogP contribution in [0.3, 0.4) is 0 Å². The lowest BCUT2D eigenvalue weighted by atomic mass is 10.2. The Morgan fingerprint density at radius 2 is 2.12 bits per heavy atom. The highest BCUT2D eigenvalue weighted by atomic mass is 16.5. The smallest absolute Gasteiger partial charge is 0.183 e. The topological polar surface area (TPSA) is 62.1 Å². The molecule has 0 fully saturated rings. The molecule has 2 rings (SSSR count). The van der Waals surface area contributed by atoms with Crippen molar-refractivity contribution in [3.8, 4) is 17.1 Å². The first-order valence-electron chi connectivity index (χ1n) is 5.13. The Kier molecular flexibility index (Phi) is 3.34. The van der Waals surface area contributed by atoms with Gasteiger partial charge in [-0.25, -0.2) is 4.98 Å². The Labute approximate surface area is 99.2 Å². The lowest BCUT2D eigenvalue weighted by Crippen LogP contribution is -2.00. The van der Waals surface area contributed by atoms with Crippen molar-refractivity contribution in [2.24, 2.45) is 7.05 Å². The average molecular weight is 234 g/mol. The second kappa shape index (κ2) is 4.92. The lowest BCUT2D eigenvalue weighted by molar-refractivity contribution is 0.174. The van der Waals surface area contributed by atoms with Crippen LogP contribution in [-0.2, 0) is 18.4 Å². The minimum absolute atomic E-state index is 0.431. The molecule has 2 heterocycles. The van der Waals surface area contributed by atoms with Gasteiger partial charge in [0.25, 0.3) is 0 Å². The van der Waals surface area contributed by atoms with Crippen LogP contribution in [0.15, 0.2) is 18.5 Å². The van der Waals surface area contributed by atoms with E-state index in [2.05, 4.69) is 15.1 Å². The molecule has 0 aliphatic carbocycles. The van der Waals surface area contributed by atoms with Crippen LogP contribution in [0.5, 0.6) is 5.75 Å². The lowest BCUT2D eigenvalue weighted by Gasteiger charge is -1.99. The second-order valence-corrected chi connectivity index (χ2v) is 3.52. The van der Waals surface area contributed by atoms with Gasteiger partial charge in [0, 0.05) is 25.9 Å². The number of ether oxygens (including phenoxy) is 2. The van der Waals surface area contributed by atoms with Crippen molar-refractivity contribution in [1.29, 1.82) is 0 Å². The van der Waals surface area contributed by atoms with Crippen molar-refractivity contribution >= 4 is 0 Å². The molecule has 0 saturated heterocycles. The highest BCUT2D eigenvalue weighted by molar-refractivity contribution is 5.55. The first-order chi connectivity index (χ1) is 8.24. The molecule has 0 unspecified atom stereocenters. The van der Waals surface area contributed by atoms with E-state index in [1.807, 2.05) is 13.1 Å². The van der Waals surface area contributed by atoms with Crippen molar-refractivity contribution in [2.75, 3.05) is 14.2 Å². The van der Waals surface area contributed by atoms with Crippen LogP contribution in [0.4, 0.5) is 0 Å². The van der Waals surface area contributed by atoms with Crippen molar-refractivity contribution in [3.63, 3.8) is 0 Å². The zero-order chi connectivity index (χ0) is 12.3. The maximum absolute atomic E-state index is 5.11. The minimum atomic E-state index is 0.431. The van der Waals surface area contributed by atoms with Crippen LogP contribution in [0.1, 0.15) is 5.82 Å². The first kappa shape index (κ1) is 11.5. The third kappa shape index (κ3) is 2.42. The normalized spacial score (nSPS) is 10.5. The van der Waals surface area contributed by atoms with E-state index in [1.165, 1.54) is 0 Å². The summed E-state index contributed by atoms with van der Waals surface area (Å²) in [6.45, 7) is 0.431. The van der Waals surface area contributed by atoms with Crippen molar-refractivity contribution in [3.05, 3.63) is 24.3 Å². The SMILES string of the molecule is COCc1nc(-c2cncc(OC)c2)nn1C. The number of methoxy groups -OCH3 is 2. The Balaban J connectivity index is 2.35. The summed E-state index contributed by atoms with van der Waals surface area (Å²) in [6.07, 6.45) is 3.34. The second-order valence-electron chi connectivity index (χ2n) is 3.52. The van der Waals surface area contributed by atoms with Gasteiger partial charge in [-0.3, -0.25) is 9.67 Å². The quantitative estimate of drug-likeness (QED) is 0.790. The third-order valence-electron chi connectivity index (χ3n) is 2.33. The minimum Gasteiger partial charge on any atom is -0.495 e. The molecule has 0 aliphatic heterocycles. The molecule has 0 bridgehead atoms. The van der Waals surface area contributed by atoms with Gasteiger partial charge in [-0.2, -0.15) is 5.10 Å². The van der Waals surface area contributed by atoms with E-state index in [1.54, 1.807) is 31.3 Å². The molecule has 2 aromatic heterocycles. The predicted octanol–water partition coefficient (Wildman–Crippen LogP) is 1.03. The maximum atomic E-state index is 5.11. The van der Waals surface area contributed by atoms with Crippen LogP contribution >= 0.6 is 0 Å². The summed E-state index contributed by atoms with van der Waals surface area (Å²) in [5.41, 5.74) is 0.822. The van der Waals surface area contributed by atoms with Crippen LogP contribution in [0.25, 0.3) is 11.4 Å². The Bertz CT molecular complexity index is 510. The van der Waals surface area contributed by atoms with Gasteiger partial charge in [0.15, 0.2) is 11.6 Å². The summed E-state index contributed by atoms with van der Waals surface area (Å²) in [5, 5.41) is 4.30. The molecule has 6 nitrogen and oxygen atoms in total. The van der Waals surface area contributed by atoms with E-state index in [9.17, 15) is 0 Å². The van der Waals surface area contributed by atoms with E-state index < -0.39 is 0 Å². The van der Waals surface area contributed by atoms with Gasteiger partial charge < -0.3 is 9.47 Å². The van der Waals surface area contributed by atoms with E-state index in [4.69, 9.17) is 9.47 Å². The molecule has 0 amide bonds. The number of aromatic nitrogens is 4. The summed E-state index contributed by atoms with van der Waals surface area (Å²) in [5.74, 6) is 2.07. The highest BCUT2D eigenvalue weighted by Crippen LogP contribution is 2.19. The predicted molar refractivity (Wildman–Crippen MR) is 61.5 cm³/mol. The molecule has 0 aliphatic rings. The van der Waals surface area contributed by atoms with Crippen LogP contribution in [0, 0.1) is 0 Å². The zero-order valence-corrected chi connectivity index (χ0v) is 10.0. The average Bonchev–Trinajstić information content (AvgIpc) is 2.72. The molecule has 0 spiro atoms. The van der Waals surface area contributed by atoms with Gasteiger partial charge in [-0.05, 0) is 6.07 Å². The van der Waals surface area contributed by atoms with E-state index >= 15 is 0 Å². The molecule has 90 valence electrons. The molecule has 0 aromatic carbocycles. The van der Waals surface area contributed by atoms with Gasteiger partial charge in [-0.1, -0.05) is 0 Å². The molecule has 0 atom stereocenters. The van der Waals surface area contributed by atoms with Crippen LogP contribution in [0.2, 0.25) is 0 Å². The van der Waals surface area contributed by atoms with Gasteiger partial charge in [-0.15, -0.1) is 0 Å². The molecule has 0 radical (unpaired) electrons. The van der Waals surface area contributed by atoms with Crippen molar-refractivity contribution < 1.29 is 9.47 Å². The number of hydrogen-bond donors (Lipinski definition) is 0. The van der Waals surface area contributed by atoms with E-state index in [0.29, 0.717) is 18.2 Å². The van der Waals surface area contributed by atoms with Gasteiger partial charge in [0.1, 0.15) is 12.4 Å². The molecule has 0 saturated carbocycles. The monoisotopic (exact) mass is 234 g/mol. The number of pyridine rings is 1. The third-order valence-corrected chi connectivity index (χ3v) is 2.33. The highest BCUT2D eigenvalue weighted by Gasteiger charge is 2.09. The zero-order valence-electron chi connectivity index (χ0n) is 10.0. The standard InChI is InChI=1S/C11H14N4O2/c1-15-10(7-16-2)13-11(14-15)8-4-9(17-3)6-12-5-8/h4-6H,7H2,1-3H3. The summed E-state index contributed by atoms with van der Waals surface area (Å²) in [6, 6.07) is 1.85. The largest absolute Gasteiger partial charge is 0.495 e. The number of rotatable bonds is 4. The van der Waals surface area contributed by atoms with Crippen LogP contribution < -0.4 is 4.74 Å². The summed E-state index contributed by atoms with van der Waals surface area (Å²) >= 11 is 0. The molecule has 2 aromatic rings. The van der Waals surface area contributed by atoms with Gasteiger partial charge in [0.05, 0.1) is 13.3 Å². The Morgan fingerprint density at radius 1 is 1.29 bits per heavy atom. The summed E-state index contributed by atoms with van der Waals surface area (Å²) in [7, 11) is 5.06. The fourth-order valence-corrected chi connectivity index (χ4v) is 1.45.